The van der Waals surface area contributed by atoms with Gasteiger partial charge in [0.25, 0.3) is 0 Å². The summed E-state index contributed by atoms with van der Waals surface area (Å²) >= 11 is 0. The van der Waals surface area contributed by atoms with Crippen molar-refractivity contribution in [3.05, 3.63) is 36.1 Å². The molecule has 2 saturated carbocycles. The Balaban J connectivity index is 1.28. The lowest BCUT2D eigenvalue weighted by molar-refractivity contribution is -0.143. The first-order chi connectivity index (χ1) is 15.6. The number of amides is 2. The molecule has 2 aliphatic carbocycles. The number of nitrogens with one attached hydrogen (secondary N) is 1. The lowest BCUT2D eigenvalue weighted by Gasteiger charge is -2.47. The second-order valence-corrected chi connectivity index (χ2v) is 8.92. The Hall–Kier alpha value is -3.81. The molecule has 1 saturated heterocycles. The monoisotopic (exact) mass is 431 g/mol. The second kappa shape index (κ2) is 6.85. The van der Waals surface area contributed by atoms with Crippen molar-refractivity contribution in [1.82, 2.24) is 34.3 Å². The van der Waals surface area contributed by atoms with Crippen LogP contribution in [0.2, 0.25) is 0 Å². The molecule has 0 spiro atoms. The Labute approximate surface area is 183 Å². The van der Waals surface area contributed by atoms with Gasteiger partial charge in [0.15, 0.2) is 17.0 Å². The highest BCUT2D eigenvalue weighted by Crippen LogP contribution is 2.37. The highest BCUT2D eigenvalue weighted by atomic mass is 16.2. The summed E-state index contributed by atoms with van der Waals surface area (Å²) in [6.07, 6.45) is 8.90. The minimum atomic E-state index is -0.524. The number of carbonyl (C=O) groups is 2. The van der Waals surface area contributed by atoms with Gasteiger partial charge in [0.05, 0.1) is 24.8 Å². The van der Waals surface area contributed by atoms with Crippen molar-refractivity contribution in [2.45, 2.75) is 31.2 Å². The summed E-state index contributed by atoms with van der Waals surface area (Å²) in [7, 11) is 0. The standard InChI is InChI=1S/C21H21N9O2/c1-22-10-21(11-28(12-21)19(32)14-4-5-14)29-9-15(8-24-29)17-23-7-6-16-25-20(27-30(16)17)26-18(31)13-2-3-13/h6-9,13-14H,2-5,10-12H2,(H,26,27,31). The van der Waals surface area contributed by atoms with Crippen LogP contribution in [0.5, 0.6) is 0 Å². The van der Waals surface area contributed by atoms with Crippen molar-refractivity contribution in [2.24, 2.45) is 11.8 Å². The van der Waals surface area contributed by atoms with Gasteiger partial charge in [-0.25, -0.2) is 11.6 Å². The molecule has 11 nitrogen and oxygen atoms in total. The van der Waals surface area contributed by atoms with E-state index in [-0.39, 0.29) is 36.1 Å². The predicted molar refractivity (Wildman–Crippen MR) is 112 cm³/mol. The average Bonchev–Trinajstić information content (AvgIpc) is 3.68. The molecular formula is C21H21N9O2. The summed E-state index contributed by atoms with van der Waals surface area (Å²) in [6, 6.07) is 1.72. The van der Waals surface area contributed by atoms with Gasteiger partial charge in [-0.1, -0.05) is 0 Å². The van der Waals surface area contributed by atoms with Crippen molar-refractivity contribution in [2.75, 3.05) is 25.0 Å². The molecule has 11 heteroatoms. The van der Waals surface area contributed by atoms with Crippen molar-refractivity contribution >= 4 is 23.4 Å². The molecule has 0 atom stereocenters. The number of anilines is 1. The van der Waals surface area contributed by atoms with Crippen LogP contribution in [-0.4, -0.2) is 65.7 Å². The summed E-state index contributed by atoms with van der Waals surface area (Å²) in [5, 5.41) is 11.7. The Morgan fingerprint density at radius 3 is 2.72 bits per heavy atom. The number of carbonyl (C=O) groups excluding carboxylic acids is 2. The minimum Gasteiger partial charge on any atom is -0.337 e. The summed E-state index contributed by atoms with van der Waals surface area (Å²) in [6.45, 7) is 8.63. The van der Waals surface area contributed by atoms with Crippen LogP contribution in [0, 0.1) is 18.4 Å². The van der Waals surface area contributed by atoms with Gasteiger partial charge in [0, 0.05) is 30.3 Å². The third-order valence-electron chi connectivity index (χ3n) is 6.35. The van der Waals surface area contributed by atoms with E-state index in [0.29, 0.717) is 24.6 Å². The van der Waals surface area contributed by atoms with Gasteiger partial charge in [-0.05, 0) is 25.7 Å². The SMILES string of the molecule is [C-]#[N+]CC1(n2cc(-c3nccc4nc(NC(=O)C5CC5)nn34)cn2)CN(C(=O)C2CC2)C1. The molecule has 3 fully saturated rings. The summed E-state index contributed by atoms with van der Waals surface area (Å²) in [5.41, 5.74) is 0.760. The molecule has 1 N–H and O–H groups in total. The number of hydrogen-bond donors (Lipinski definition) is 1. The number of hydrogen-bond acceptors (Lipinski definition) is 6. The fraction of sp³-hybridized carbons (Fsp3) is 0.476. The maximum Gasteiger partial charge on any atom is 0.249 e. The quantitative estimate of drug-likeness (QED) is 0.587. The average molecular weight is 431 g/mol. The van der Waals surface area contributed by atoms with Gasteiger partial charge in [0.1, 0.15) is 0 Å². The number of rotatable bonds is 6. The van der Waals surface area contributed by atoms with Gasteiger partial charge in [-0.3, -0.25) is 19.6 Å². The molecular weight excluding hydrogens is 410 g/mol. The first-order valence-electron chi connectivity index (χ1n) is 10.8. The molecule has 4 heterocycles. The van der Waals surface area contributed by atoms with Gasteiger partial charge in [-0.15, -0.1) is 5.10 Å². The molecule has 0 aromatic carbocycles. The van der Waals surface area contributed by atoms with E-state index < -0.39 is 5.54 Å². The smallest absolute Gasteiger partial charge is 0.249 e. The van der Waals surface area contributed by atoms with E-state index >= 15 is 0 Å². The molecule has 3 aromatic rings. The Kier molecular flexibility index (Phi) is 4.05. The lowest BCUT2D eigenvalue weighted by atomic mass is 9.89. The van der Waals surface area contributed by atoms with Crippen molar-refractivity contribution in [3.8, 4) is 11.4 Å². The zero-order valence-electron chi connectivity index (χ0n) is 17.3. The van der Waals surface area contributed by atoms with E-state index in [2.05, 4.69) is 30.3 Å². The largest absolute Gasteiger partial charge is 0.337 e. The zero-order valence-corrected chi connectivity index (χ0v) is 17.3. The van der Waals surface area contributed by atoms with E-state index in [4.69, 9.17) is 6.57 Å². The first-order valence-corrected chi connectivity index (χ1v) is 10.8. The molecule has 1 aliphatic heterocycles. The van der Waals surface area contributed by atoms with Crippen LogP contribution in [0.1, 0.15) is 25.7 Å². The third kappa shape index (κ3) is 3.10. The second-order valence-electron chi connectivity index (χ2n) is 8.92. The number of fused-ring (bicyclic) bond motifs is 1. The van der Waals surface area contributed by atoms with E-state index in [0.717, 1.165) is 31.2 Å². The Morgan fingerprint density at radius 1 is 1.22 bits per heavy atom. The van der Waals surface area contributed by atoms with E-state index in [1.54, 1.807) is 27.7 Å². The van der Waals surface area contributed by atoms with Gasteiger partial charge in [-0.2, -0.15) is 14.6 Å². The molecule has 162 valence electrons. The number of likely N-dealkylation sites (tertiary alicyclic amines) is 1. The molecule has 32 heavy (non-hydrogen) atoms. The Bertz CT molecular complexity index is 1270. The number of nitrogens with zero attached hydrogens (tertiary/aromatic N) is 8. The first kappa shape index (κ1) is 18.9. The molecule has 0 radical (unpaired) electrons. The molecule has 6 rings (SSSR count). The van der Waals surface area contributed by atoms with Crippen LogP contribution in [0.25, 0.3) is 21.9 Å². The molecule has 3 aromatic heterocycles. The maximum absolute atomic E-state index is 12.4. The van der Waals surface area contributed by atoms with Crippen LogP contribution in [-0.2, 0) is 15.1 Å². The highest BCUT2D eigenvalue weighted by Gasteiger charge is 2.52. The van der Waals surface area contributed by atoms with Gasteiger partial charge in [0.2, 0.25) is 24.3 Å². The molecule has 0 unspecified atom stereocenters. The molecule has 0 bridgehead atoms. The number of aromatic nitrogens is 6. The van der Waals surface area contributed by atoms with Gasteiger partial charge >= 0.3 is 0 Å². The predicted octanol–water partition coefficient (Wildman–Crippen LogP) is 1.20. The van der Waals surface area contributed by atoms with Crippen molar-refractivity contribution in [1.29, 1.82) is 0 Å². The van der Waals surface area contributed by atoms with Crippen molar-refractivity contribution in [3.63, 3.8) is 0 Å². The van der Waals surface area contributed by atoms with E-state index in [1.165, 1.54) is 0 Å². The summed E-state index contributed by atoms with van der Waals surface area (Å²) < 4.78 is 3.36. The van der Waals surface area contributed by atoms with Crippen LogP contribution < -0.4 is 5.32 Å². The molecule has 3 aliphatic rings. The minimum absolute atomic E-state index is 0.0559. The molecule has 2 amide bonds. The third-order valence-corrected chi connectivity index (χ3v) is 6.35. The maximum atomic E-state index is 12.4. The normalized spacial score (nSPS) is 19.4. The summed E-state index contributed by atoms with van der Waals surface area (Å²) in [5.74, 6) is 1.15. The van der Waals surface area contributed by atoms with Crippen LogP contribution in [0.3, 0.4) is 0 Å². The van der Waals surface area contributed by atoms with Gasteiger partial charge < -0.3 is 9.74 Å². The van der Waals surface area contributed by atoms with Crippen LogP contribution in [0.15, 0.2) is 24.7 Å². The van der Waals surface area contributed by atoms with E-state index in [1.807, 2.05) is 11.1 Å². The van der Waals surface area contributed by atoms with Crippen molar-refractivity contribution < 1.29 is 9.59 Å². The fourth-order valence-corrected chi connectivity index (χ4v) is 4.20. The summed E-state index contributed by atoms with van der Waals surface area (Å²) in [4.78, 5) is 38.7. The fourth-order valence-electron chi connectivity index (χ4n) is 4.20. The van der Waals surface area contributed by atoms with Crippen LogP contribution >= 0.6 is 0 Å². The Morgan fingerprint density at radius 2 is 2.00 bits per heavy atom. The van der Waals surface area contributed by atoms with E-state index in [9.17, 15) is 9.59 Å². The van der Waals surface area contributed by atoms with Crippen LogP contribution in [0.4, 0.5) is 5.95 Å². The topological polar surface area (TPSA) is 115 Å². The highest BCUT2D eigenvalue weighted by molar-refractivity contribution is 5.92. The lowest BCUT2D eigenvalue weighted by Crippen LogP contribution is -2.66. The zero-order chi connectivity index (χ0) is 21.9.